The maximum atomic E-state index is 13.3. The fraction of sp³-hybridized carbons (Fsp3) is 0.612. The van der Waals surface area contributed by atoms with Gasteiger partial charge in [-0.05, 0) is 135 Å². The Balaban J connectivity index is 1.19. The molecule has 2 aromatic rings. The second kappa shape index (κ2) is 17.5. The van der Waals surface area contributed by atoms with E-state index in [0.29, 0.717) is 23.8 Å². The zero-order valence-corrected chi connectivity index (χ0v) is 31.9. The Hall–Kier alpha value is -2.91. The predicted octanol–water partition coefficient (Wildman–Crippen LogP) is 11.9. The predicted molar refractivity (Wildman–Crippen MR) is 216 cm³/mol. The van der Waals surface area contributed by atoms with Gasteiger partial charge in [0.2, 0.25) is 0 Å². The largest absolute Gasteiger partial charge is 0.481 e. The van der Waals surface area contributed by atoms with Crippen molar-refractivity contribution in [3.8, 4) is 0 Å². The minimum absolute atomic E-state index is 0.0416. The lowest BCUT2D eigenvalue weighted by Crippen LogP contribution is -2.54. The molecule has 0 heterocycles. The van der Waals surface area contributed by atoms with Gasteiger partial charge in [0.25, 0.3) is 0 Å². The molecule has 3 heteroatoms. The lowest BCUT2D eigenvalue weighted by molar-refractivity contribution is -0.145. The van der Waals surface area contributed by atoms with Crippen molar-refractivity contribution < 1.29 is 9.90 Å². The van der Waals surface area contributed by atoms with Gasteiger partial charge in [0.15, 0.2) is 0 Å². The van der Waals surface area contributed by atoms with Crippen LogP contribution in [-0.2, 0) is 16.6 Å². The van der Waals surface area contributed by atoms with Crippen molar-refractivity contribution in [1.29, 1.82) is 0 Å². The van der Waals surface area contributed by atoms with Gasteiger partial charge in [-0.1, -0.05) is 148 Å². The third-order valence-electron chi connectivity index (χ3n) is 15.0. The van der Waals surface area contributed by atoms with E-state index in [2.05, 4.69) is 97.1 Å². The Kier molecular flexibility index (Phi) is 12.6. The molecule has 3 fully saturated rings. The molecular weight excluding hydrogens is 635 g/mol. The van der Waals surface area contributed by atoms with Gasteiger partial charge in [-0.15, -0.1) is 0 Å². The molecule has 7 rings (SSSR count). The highest BCUT2D eigenvalue weighted by atomic mass is 16.4. The first-order valence-corrected chi connectivity index (χ1v) is 21.5. The molecule has 0 bridgehead atoms. The molecule has 0 aromatic heterocycles. The zero-order chi connectivity index (χ0) is 35.8. The lowest BCUT2D eigenvalue weighted by atomic mass is 9.46. The van der Waals surface area contributed by atoms with E-state index in [0.717, 1.165) is 38.0 Å². The van der Waals surface area contributed by atoms with Crippen LogP contribution in [0.3, 0.4) is 0 Å². The van der Waals surface area contributed by atoms with Crippen LogP contribution in [0.1, 0.15) is 127 Å². The number of aryl methyl sites for hydroxylation is 1. The first-order chi connectivity index (χ1) is 25.5. The van der Waals surface area contributed by atoms with E-state index in [9.17, 15) is 9.90 Å². The van der Waals surface area contributed by atoms with E-state index < -0.39 is 11.9 Å². The number of nitrogens with two attached hydrogens (primary N) is 1. The summed E-state index contributed by atoms with van der Waals surface area (Å²) in [6.45, 7) is 0.582. The third kappa shape index (κ3) is 8.41. The number of carboxylic acids is 1. The molecule has 3 nitrogen and oxygen atoms in total. The summed E-state index contributed by atoms with van der Waals surface area (Å²) in [5.74, 6) is 1.34. The fourth-order valence-corrected chi connectivity index (χ4v) is 12.5. The van der Waals surface area contributed by atoms with E-state index in [4.69, 9.17) is 5.73 Å². The van der Waals surface area contributed by atoms with Crippen LogP contribution >= 0.6 is 0 Å². The van der Waals surface area contributed by atoms with Crippen LogP contribution < -0.4 is 5.73 Å². The average molecular weight is 702 g/mol. The summed E-state index contributed by atoms with van der Waals surface area (Å²) in [5, 5.41) is 10.9. The molecule has 2 aromatic carbocycles. The number of rotatable bonds is 14. The van der Waals surface area contributed by atoms with Crippen molar-refractivity contribution in [3.05, 3.63) is 108 Å². The van der Waals surface area contributed by atoms with Crippen LogP contribution in [0.4, 0.5) is 0 Å². The molecule has 3 saturated carbocycles. The van der Waals surface area contributed by atoms with Gasteiger partial charge in [0, 0.05) is 5.41 Å². The van der Waals surface area contributed by atoms with Crippen molar-refractivity contribution in [3.63, 3.8) is 0 Å². The first-order valence-electron chi connectivity index (χ1n) is 21.5. The van der Waals surface area contributed by atoms with Gasteiger partial charge in [0.1, 0.15) is 0 Å². The highest BCUT2D eigenvalue weighted by Crippen LogP contribution is 2.63. The quantitative estimate of drug-likeness (QED) is 0.193. The van der Waals surface area contributed by atoms with Crippen molar-refractivity contribution >= 4 is 5.97 Å². The van der Waals surface area contributed by atoms with Crippen molar-refractivity contribution in [1.82, 2.24) is 0 Å². The number of fused-ring (bicyclic) bond motifs is 1. The number of carboxylic acid groups (broad SMARTS) is 1. The van der Waals surface area contributed by atoms with E-state index in [-0.39, 0.29) is 29.1 Å². The third-order valence-corrected chi connectivity index (χ3v) is 15.0. The molecule has 0 unspecified atom stereocenters. The number of allylic oxidation sites excluding steroid dienone is 4. The maximum Gasteiger partial charge on any atom is 0.310 e. The van der Waals surface area contributed by atoms with Crippen LogP contribution in [0.25, 0.3) is 0 Å². The molecule has 1 spiro atoms. The van der Waals surface area contributed by atoms with Crippen molar-refractivity contribution in [2.45, 2.75) is 127 Å². The Morgan fingerprint density at radius 3 is 2.23 bits per heavy atom. The zero-order valence-electron chi connectivity index (χ0n) is 31.9. The fourth-order valence-electron chi connectivity index (χ4n) is 12.5. The van der Waals surface area contributed by atoms with Crippen LogP contribution in [-0.4, -0.2) is 17.6 Å². The number of aliphatic carboxylic acids is 1. The highest BCUT2D eigenvalue weighted by molar-refractivity contribution is 5.73. The second-order valence-corrected chi connectivity index (χ2v) is 18.1. The molecule has 8 atom stereocenters. The molecule has 5 aliphatic rings. The standard InChI is InChI=1S/C49H67NO2/c50-35-41-26-28-43(47(51)52)46-44(49(42-22-11-4-12-23-42)33-15-32-48(36-49)30-13-14-31-48)29-27-40(45(41)46)34-39(25-24-38-19-8-2-9-20-38)21-10-3-7-18-37-16-5-1-6-17-37/h2-4,8-12,19-20,22-23,26-29,37,39-41,43-46H,1,5-7,13-18,21,24-25,30-36,50H2,(H,51,52)/t39-,40-,41+,43+,44-,45+,46-,49-/m0/s1. The summed E-state index contributed by atoms with van der Waals surface area (Å²) in [6.07, 6.45) is 38.8. The molecule has 0 aliphatic heterocycles. The highest BCUT2D eigenvalue weighted by Gasteiger charge is 2.57. The van der Waals surface area contributed by atoms with E-state index in [1.807, 2.05) is 0 Å². The van der Waals surface area contributed by atoms with E-state index >= 15 is 0 Å². The maximum absolute atomic E-state index is 13.3. The first kappa shape index (κ1) is 37.4. The Bertz CT molecular complexity index is 1500. The summed E-state index contributed by atoms with van der Waals surface area (Å²) in [6, 6.07) is 22.3. The number of benzene rings is 2. The minimum Gasteiger partial charge on any atom is -0.481 e. The summed E-state index contributed by atoms with van der Waals surface area (Å²) >= 11 is 0. The molecule has 0 amide bonds. The van der Waals surface area contributed by atoms with E-state index in [1.54, 1.807) is 0 Å². The van der Waals surface area contributed by atoms with Crippen LogP contribution in [0.15, 0.2) is 97.1 Å². The summed E-state index contributed by atoms with van der Waals surface area (Å²) in [7, 11) is 0. The average Bonchev–Trinajstić information content (AvgIpc) is 3.63. The van der Waals surface area contributed by atoms with Crippen LogP contribution in [0.2, 0.25) is 0 Å². The van der Waals surface area contributed by atoms with Gasteiger partial charge < -0.3 is 10.8 Å². The number of hydrogen-bond acceptors (Lipinski definition) is 2. The molecule has 3 N–H and O–H groups in total. The van der Waals surface area contributed by atoms with Gasteiger partial charge >= 0.3 is 5.97 Å². The normalized spacial score (nSPS) is 32.2. The van der Waals surface area contributed by atoms with Gasteiger partial charge in [-0.2, -0.15) is 0 Å². The summed E-state index contributed by atoms with van der Waals surface area (Å²) in [4.78, 5) is 13.3. The SMILES string of the molecule is NC[C@H]1C=C[C@@H](C(=O)O)[C@@H]2[C@@H]1[C@H](C[C@@H](CC=CCCC1CCCCC1)CCc1ccccc1)C=C[C@@H]2[C@@]1(c2ccccc2)CCCC2(CCCC2)C1. The van der Waals surface area contributed by atoms with Crippen LogP contribution in [0.5, 0.6) is 0 Å². The molecule has 0 saturated heterocycles. The Labute approximate surface area is 315 Å². The molecule has 280 valence electrons. The van der Waals surface area contributed by atoms with Crippen molar-refractivity contribution in [2.24, 2.45) is 58.5 Å². The topological polar surface area (TPSA) is 63.3 Å². The van der Waals surface area contributed by atoms with E-state index in [1.165, 1.54) is 101 Å². The monoisotopic (exact) mass is 702 g/mol. The second-order valence-electron chi connectivity index (χ2n) is 18.1. The molecule has 52 heavy (non-hydrogen) atoms. The smallest absolute Gasteiger partial charge is 0.310 e. The van der Waals surface area contributed by atoms with Gasteiger partial charge in [-0.25, -0.2) is 0 Å². The number of carbonyl (C=O) groups is 1. The minimum atomic E-state index is -0.656. The summed E-state index contributed by atoms with van der Waals surface area (Å²) in [5.41, 5.74) is 9.88. The van der Waals surface area contributed by atoms with Crippen LogP contribution in [0, 0.1) is 52.8 Å². The van der Waals surface area contributed by atoms with Gasteiger partial charge in [-0.3, -0.25) is 4.79 Å². The molecule has 5 aliphatic carbocycles. The van der Waals surface area contributed by atoms with Crippen molar-refractivity contribution in [2.75, 3.05) is 6.54 Å². The van der Waals surface area contributed by atoms with Gasteiger partial charge in [0.05, 0.1) is 5.92 Å². The number of hydrogen-bond donors (Lipinski definition) is 2. The Morgan fingerprint density at radius 2 is 1.50 bits per heavy atom. The molecule has 0 radical (unpaired) electrons. The molecular formula is C49H67NO2. The lowest BCUT2D eigenvalue weighted by Gasteiger charge is -2.57. The Morgan fingerprint density at radius 1 is 0.788 bits per heavy atom. The summed E-state index contributed by atoms with van der Waals surface area (Å²) < 4.78 is 0.